The number of nitrogens with zero attached hydrogens (tertiary/aromatic N) is 3. The SMILES string of the molecule is Cc1nc2n(c1-c1ccccn1)CCNC2. The lowest BCUT2D eigenvalue weighted by molar-refractivity contribution is 0.508. The summed E-state index contributed by atoms with van der Waals surface area (Å²) in [6.07, 6.45) is 1.83. The topological polar surface area (TPSA) is 42.7 Å². The molecule has 3 heterocycles. The van der Waals surface area contributed by atoms with E-state index in [1.807, 2.05) is 24.4 Å². The van der Waals surface area contributed by atoms with Gasteiger partial charge in [-0.1, -0.05) is 6.07 Å². The van der Waals surface area contributed by atoms with Crippen molar-refractivity contribution >= 4 is 0 Å². The predicted molar refractivity (Wildman–Crippen MR) is 61.9 cm³/mol. The highest BCUT2D eigenvalue weighted by molar-refractivity contribution is 5.58. The van der Waals surface area contributed by atoms with Crippen molar-refractivity contribution < 1.29 is 0 Å². The van der Waals surface area contributed by atoms with E-state index in [1.54, 1.807) is 0 Å². The van der Waals surface area contributed by atoms with Crippen molar-refractivity contribution in [3.8, 4) is 11.4 Å². The standard InChI is InChI=1S/C12H14N4/c1-9-12(10-4-2-3-5-14-10)16-7-6-13-8-11(16)15-9/h2-5,13H,6-8H2,1H3. The van der Waals surface area contributed by atoms with Gasteiger partial charge in [-0.05, 0) is 19.1 Å². The second kappa shape index (κ2) is 3.72. The summed E-state index contributed by atoms with van der Waals surface area (Å²) in [5.74, 6) is 1.12. The van der Waals surface area contributed by atoms with Crippen LogP contribution in [-0.4, -0.2) is 21.1 Å². The summed E-state index contributed by atoms with van der Waals surface area (Å²) >= 11 is 0. The summed E-state index contributed by atoms with van der Waals surface area (Å²) in [7, 11) is 0. The van der Waals surface area contributed by atoms with Gasteiger partial charge in [0.1, 0.15) is 5.82 Å². The van der Waals surface area contributed by atoms with Gasteiger partial charge < -0.3 is 9.88 Å². The Balaban J connectivity index is 2.17. The van der Waals surface area contributed by atoms with Gasteiger partial charge in [0, 0.05) is 19.3 Å². The van der Waals surface area contributed by atoms with Crippen molar-refractivity contribution in [3.05, 3.63) is 35.9 Å². The molecule has 4 heteroatoms. The molecule has 2 aromatic rings. The van der Waals surface area contributed by atoms with Crippen LogP contribution in [0.25, 0.3) is 11.4 Å². The van der Waals surface area contributed by atoms with E-state index in [0.717, 1.165) is 42.5 Å². The average molecular weight is 214 g/mol. The van der Waals surface area contributed by atoms with Crippen molar-refractivity contribution in [2.24, 2.45) is 0 Å². The fraction of sp³-hybridized carbons (Fsp3) is 0.333. The maximum atomic E-state index is 4.59. The number of hydrogen-bond acceptors (Lipinski definition) is 3. The number of aryl methyl sites for hydroxylation is 1. The zero-order valence-electron chi connectivity index (χ0n) is 9.27. The molecule has 0 unspecified atom stereocenters. The minimum Gasteiger partial charge on any atom is -0.324 e. The van der Waals surface area contributed by atoms with Crippen LogP contribution < -0.4 is 5.32 Å². The molecule has 1 N–H and O–H groups in total. The third kappa shape index (κ3) is 1.42. The largest absolute Gasteiger partial charge is 0.324 e. The smallest absolute Gasteiger partial charge is 0.123 e. The maximum absolute atomic E-state index is 4.59. The van der Waals surface area contributed by atoms with Gasteiger partial charge in [0.2, 0.25) is 0 Å². The number of nitrogens with one attached hydrogen (secondary N) is 1. The molecule has 0 saturated carbocycles. The molecule has 0 spiro atoms. The lowest BCUT2D eigenvalue weighted by Gasteiger charge is -2.17. The Morgan fingerprint density at radius 3 is 3.12 bits per heavy atom. The van der Waals surface area contributed by atoms with Crippen molar-refractivity contribution in [2.45, 2.75) is 20.0 Å². The molecule has 0 amide bonds. The number of fused-ring (bicyclic) bond motifs is 1. The molecule has 16 heavy (non-hydrogen) atoms. The fourth-order valence-corrected chi connectivity index (χ4v) is 2.22. The highest BCUT2D eigenvalue weighted by Gasteiger charge is 2.18. The zero-order valence-corrected chi connectivity index (χ0v) is 9.27. The minimum atomic E-state index is 0.855. The summed E-state index contributed by atoms with van der Waals surface area (Å²) < 4.78 is 2.27. The molecule has 0 atom stereocenters. The third-order valence-electron chi connectivity index (χ3n) is 2.92. The molecule has 1 aliphatic heterocycles. The zero-order chi connectivity index (χ0) is 11.0. The summed E-state index contributed by atoms with van der Waals surface area (Å²) in [5.41, 5.74) is 3.25. The quantitative estimate of drug-likeness (QED) is 0.779. The molecule has 1 aliphatic rings. The number of rotatable bonds is 1. The van der Waals surface area contributed by atoms with Gasteiger partial charge in [0.05, 0.1) is 23.6 Å². The first-order valence-electron chi connectivity index (χ1n) is 5.54. The van der Waals surface area contributed by atoms with Crippen molar-refractivity contribution in [1.82, 2.24) is 19.9 Å². The number of pyridine rings is 1. The van der Waals surface area contributed by atoms with E-state index in [0.29, 0.717) is 0 Å². The van der Waals surface area contributed by atoms with Crippen LogP contribution in [0.3, 0.4) is 0 Å². The summed E-state index contributed by atoms with van der Waals surface area (Å²) in [6.45, 7) is 4.88. The second-order valence-electron chi connectivity index (χ2n) is 4.01. The Morgan fingerprint density at radius 1 is 1.38 bits per heavy atom. The minimum absolute atomic E-state index is 0.855. The molecule has 0 bridgehead atoms. The number of imidazole rings is 1. The van der Waals surface area contributed by atoms with Crippen LogP contribution in [0.2, 0.25) is 0 Å². The molecule has 82 valence electrons. The maximum Gasteiger partial charge on any atom is 0.123 e. The fourth-order valence-electron chi connectivity index (χ4n) is 2.22. The van der Waals surface area contributed by atoms with Crippen LogP contribution in [-0.2, 0) is 13.1 Å². The van der Waals surface area contributed by atoms with E-state index >= 15 is 0 Å². The summed E-state index contributed by atoms with van der Waals surface area (Å²) in [5, 5.41) is 3.33. The molecule has 0 aromatic carbocycles. The normalized spacial score (nSPS) is 14.8. The first kappa shape index (κ1) is 9.54. The van der Waals surface area contributed by atoms with Gasteiger partial charge in [-0.3, -0.25) is 4.98 Å². The number of hydrogen-bond donors (Lipinski definition) is 1. The van der Waals surface area contributed by atoms with Crippen molar-refractivity contribution in [3.63, 3.8) is 0 Å². The highest BCUT2D eigenvalue weighted by Crippen LogP contribution is 2.23. The van der Waals surface area contributed by atoms with E-state index in [-0.39, 0.29) is 0 Å². The van der Waals surface area contributed by atoms with Gasteiger partial charge >= 0.3 is 0 Å². The monoisotopic (exact) mass is 214 g/mol. The van der Waals surface area contributed by atoms with Crippen LogP contribution in [0.5, 0.6) is 0 Å². The van der Waals surface area contributed by atoms with Crippen molar-refractivity contribution in [1.29, 1.82) is 0 Å². The van der Waals surface area contributed by atoms with Gasteiger partial charge in [0.25, 0.3) is 0 Å². The van der Waals surface area contributed by atoms with Crippen LogP contribution in [0.4, 0.5) is 0 Å². The lowest BCUT2D eigenvalue weighted by Crippen LogP contribution is -2.28. The first-order valence-corrected chi connectivity index (χ1v) is 5.54. The second-order valence-corrected chi connectivity index (χ2v) is 4.01. The molecule has 0 saturated heterocycles. The first-order chi connectivity index (χ1) is 7.86. The number of aromatic nitrogens is 3. The Labute approximate surface area is 94.4 Å². The molecular formula is C12H14N4. The van der Waals surface area contributed by atoms with Gasteiger partial charge in [0.15, 0.2) is 0 Å². The van der Waals surface area contributed by atoms with Crippen LogP contribution in [0.15, 0.2) is 24.4 Å². The summed E-state index contributed by atoms with van der Waals surface area (Å²) in [4.78, 5) is 9.00. The Bertz CT molecular complexity index is 501. The Hall–Kier alpha value is -1.68. The highest BCUT2D eigenvalue weighted by atomic mass is 15.2. The molecule has 4 nitrogen and oxygen atoms in total. The average Bonchev–Trinajstić information content (AvgIpc) is 2.66. The third-order valence-corrected chi connectivity index (χ3v) is 2.92. The molecule has 3 rings (SSSR count). The molecule has 0 aliphatic carbocycles. The molecule has 2 aromatic heterocycles. The van der Waals surface area contributed by atoms with Crippen LogP contribution in [0.1, 0.15) is 11.5 Å². The predicted octanol–water partition coefficient (Wildman–Crippen LogP) is 1.36. The van der Waals surface area contributed by atoms with E-state index in [4.69, 9.17) is 0 Å². The molecular weight excluding hydrogens is 200 g/mol. The van der Waals surface area contributed by atoms with Gasteiger partial charge in [-0.2, -0.15) is 0 Å². The molecule has 0 radical (unpaired) electrons. The van der Waals surface area contributed by atoms with Crippen LogP contribution >= 0.6 is 0 Å². The van der Waals surface area contributed by atoms with Crippen LogP contribution in [0, 0.1) is 6.92 Å². The van der Waals surface area contributed by atoms with Gasteiger partial charge in [-0.25, -0.2) is 4.98 Å². The van der Waals surface area contributed by atoms with E-state index in [9.17, 15) is 0 Å². The Morgan fingerprint density at radius 2 is 2.31 bits per heavy atom. The van der Waals surface area contributed by atoms with E-state index < -0.39 is 0 Å². The summed E-state index contributed by atoms with van der Waals surface area (Å²) in [6, 6.07) is 6.00. The lowest BCUT2D eigenvalue weighted by atomic mass is 10.2. The van der Waals surface area contributed by atoms with E-state index in [2.05, 4.69) is 26.8 Å². The molecule has 0 fully saturated rings. The van der Waals surface area contributed by atoms with Gasteiger partial charge in [-0.15, -0.1) is 0 Å². The van der Waals surface area contributed by atoms with E-state index in [1.165, 1.54) is 0 Å². The van der Waals surface area contributed by atoms with Crippen molar-refractivity contribution in [2.75, 3.05) is 6.54 Å². The Kier molecular flexibility index (Phi) is 2.22.